The number of urea groups is 1. The van der Waals surface area contributed by atoms with Crippen molar-refractivity contribution < 1.29 is 18.7 Å². The molecule has 1 aliphatic rings. The van der Waals surface area contributed by atoms with Gasteiger partial charge in [0.1, 0.15) is 5.82 Å². The number of hydrogen-bond acceptors (Lipinski definition) is 4. The number of nitrogens with zero attached hydrogens (tertiary/aromatic N) is 1. The van der Waals surface area contributed by atoms with Crippen molar-refractivity contribution >= 4 is 23.0 Å². The summed E-state index contributed by atoms with van der Waals surface area (Å²) in [5.41, 5.74) is 10.5. The fourth-order valence-corrected chi connectivity index (χ4v) is 4.06. The van der Waals surface area contributed by atoms with Gasteiger partial charge in [-0.25, -0.2) is 9.18 Å². The van der Waals surface area contributed by atoms with Crippen LogP contribution in [0.15, 0.2) is 66.9 Å². The van der Waals surface area contributed by atoms with Crippen molar-refractivity contribution in [3.63, 3.8) is 0 Å². The molecular formula is C26H26FN3O3. The molecule has 0 spiro atoms. The molecule has 0 radical (unpaired) electrons. The Morgan fingerprint density at radius 1 is 1.06 bits per heavy atom. The maximum atomic E-state index is 14.0. The Balaban J connectivity index is 1.78. The molecule has 0 saturated carbocycles. The van der Waals surface area contributed by atoms with E-state index in [0.29, 0.717) is 23.6 Å². The molecule has 0 bridgehead atoms. The third kappa shape index (κ3) is 4.48. The van der Waals surface area contributed by atoms with Crippen LogP contribution in [-0.4, -0.2) is 31.2 Å². The third-order valence-corrected chi connectivity index (χ3v) is 5.76. The van der Waals surface area contributed by atoms with Crippen LogP contribution in [0.1, 0.15) is 23.6 Å². The number of carbonyl (C=O) groups is 1. The van der Waals surface area contributed by atoms with Gasteiger partial charge < -0.3 is 20.5 Å². The quantitative estimate of drug-likeness (QED) is 0.556. The van der Waals surface area contributed by atoms with Crippen molar-refractivity contribution in [1.82, 2.24) is 4.90 Å². The van der Waals surface area contributed by atoms with Crippen molar-refractivity contribution in [3.8, 4) is 11.5 Å². The number of methoxy groups -OCH3 is 2. The average molecular weight is 448 g/mol. The standard InChI is InChI=1S/C26H26FN3O3/c1-16-12-18-13-24(32-2)25(33-3)14-20(18)21(15-30(16)26(28)31)17-8-10-19(11-9-17)29-23-7-5-4-6-22(23)27/h4-11,13-16,29H,12H2,1-3H3,(H2,28,31). The van der Waals surface area contributed by atoms with Crippen molar-refractivity contribution in [1.29, 1.82) is 0 Å². The summed E-state index contributed by atoms with van der Waals surface area (Å²) in [6, 6.07) is 17.3. The number of hydrogen-bond donors (Lipinski definition) is 2. The molecule has 33 heavy (non-hydrogen) atoms. The number of halogens is 1. The summed E-state index contributed by atoms with van der Waals surface area (Å²) in [6.45, 7) is 1.95. The number of amides is 2. The largest absolute Gasteiger partial charge is 0.493 e. The summed E-state index contributed by atoms with van der Waals surface area (Å²) >= 11 is 0. The highest BCUT2D eigenvalue weighted by atomic mass is 19.1. The Kier molecular flexibility index (Phi) is 6.22. The van der Waals surface area contributed by atoms with Gasteiger partial charge in [-0.3, -0.25) is 4.90 Å². The first-order valence-electron chi connectivity index (χ1n) is 10.6. The molecule has 0 aromatic heterocycles. The van der Waals surface area contributed by atoms with Gasteiger partial charge in [0.05, 0.1) is 19.9 Å². The Labute approximate surface area is 192 Å². The number of fused-ring (bicyclic) bond motifs is 1. The third-order valence-electron chi connectivity index (χ3n) is 5.76. The van der Waals surface area contributed by atoms with Crippen LogP contribution < -0.4 is 20.5 Å². The maximum absolute atomic E-state index is 14.0. The van der Waals surface area contributed by atoms with Crippen molar-refractivity contribution in [2.45, 2.75) is 19.4 Å². The zero-order valence-electron chi connectivity index (χ0n) is 18.8. The van der Waals surface area contributed by atoms with Crippen molar-refractivity contribution in [2.24, 2.45) is 5.73 Å². The summed E-state index contributed by atoms with van der Waals surface area (Å²) < 4.78 is 25.0. The predicted molar refractivity (Wildman–Crippen MR) is 127 cm³/mol. The molecule has 6 nitrogen and oxygen atoms in total. The lowest BCUT2D eigenvalue weighted by Crippen LogP contribution is -2.38. The van der Waals surface area contributed by atoms with Gasteiger partial charge in [0.25, 0.3) is 0 Å². The molecule has 0 fully saturated rings. The van der Waals surface area contributed by atoms with Gasteiger partial charge >= 0.3 is 6.03 Å². The lowest BCUT2D eigenvalue weighted by molar-refractivity contribution is 0.213. The van der Waals surface area contributed by atoms with E-state index in [-0.39, 0.29) is 11.9 Å². The van der Waals surface area contributed by atoms with Crippen LogP contribution in [0.3, 0.4) is 0 Å². The van der Waals surface area contributed by atoms with Crippen molar-refractivity contribution in [2.75, 3.05) is 19.5 Å². The van der Waals surface area contributed by atoms with E-state index >= 15 is 0 Å². The lowest BCUT2D eigenvalue weighted by atomic mass is 9.92. The van der Waals surface area contributed by atoms with Crippen molar-refractivity contribution in [3.05, 3.63) is 89.4 Å². The van der Waals surface area contributed by atoms with Gasteiger partial charge in [0.15, 0.2) is 11.5 Å². The molecule has 7 heteroatoms. The number of para-hydroxylation sites is 1. The fourth-order valence-electron chi connectivity index (χ4n) is 4.06. The van der Waals surface area contributed by atoms with Crippen LogP contribution in [0.4, 0.5) is 20.6 Å². The van der Waals surface area contributed by atoms with Gasteiger partial charge in [0, 0.05) is 23.5 Å². The number of anilines is 2. The Morgan fingerprint density at radius 3 is 2.36 bits per heavy atom. The van der Waals surface area contributed by atoms with E-state index in [4.69, 9.17) is 15.2 Å². The minimum atomic E-state index is -0.524. The van der Waals surface area contributed by atoms with E-state index in [0.717, 1.165) is 28.0 Å². The first kappa shape index (κ1) is 22.2. The number of nitrogens with one attached hydrogen (secondary N) is 1. The second-order valence-electron chi connectivity index (χ2n) is 7.89. The summed E-state index contributed by atoms with van der Waals surface area (Å²) in [5.74, 6) is 0.897. The highest BCUT2D eigenvalue weighted by Gasteiger charge is 2.26. The molecule has 1 heterocycles. The zero-order valence-corrected chi connectivity index (χ0v) is 18.8. The Morgan fingerprint density at radius 2 is 1.73 bits per heavy atom. The average Bonchev–Trinajstić information content (AvgIpc) is 2.95. The van der Waals surface area contributed by atoms with Crippen LogP contribution >= 0.6 is 0 Å². The minimum Gasteiger partial charge on any atom is -0.493 e. The summed E-state index contributed by atoms with van der Waals surface area (Å²) in [4.78, 5) is 13.7. The Bertz CT molecular complexity index is 1210. The van der Waals surface area contributed by atoms with E-state index in [1.807, 2.05) is 43.3 Å². The normalized spacial score (nSPS) is 15.2. The number of carbonyl (C=O) groups excluding carboxylic acids is 1. The number of benzene rings is 3. The molecule has 0 aliphatic carbocycles. The van der Waals surface area contributed by atoms with E-state index in [1.54, 1.807) is 43.5 Å². The van der Waals surface area contributed by atoms with Crippen LogP contribution in [0.5, 0.6) is 11.5 Å². The monoisotopic (exact) mass is 447 g/mol. The van der Waals surface area contributed by atoms with E-state index in [9.17, 15) is 9.18 Å². The second-order valence-corrected chi connectivity index (χ2v) is 7.89. The van der Waals surface area contributed by atoms with Crippen LogP contribution in [0, 0.1) is 5.82 Å². The number of rotatable bonds is 5. The molecule has 4 rings (SSSR count). The number of primary amides is 1. The lowest BCUT2D eigenvalue weighted by Gasteiger charge is -2.22. The van der Waals surface area contributed by atoms with Crippen LogP contribution in [0.2, 0.25) is 0 Å². The number of nitrogens with two attached hydrogens (primary N) is 1. The first-order chi connectivity index (χ1) is 15.9. The minimum absolute atomic E-state index is 0.140. The molecule has 1 aliphatic heterocycles. The topological polar surface area (TPSA) is 76.8 Å². The van der Waals surface area contributed by atoms with Gasteiger partial charge in [-0.05, 0) is 66.4 Å². The summed E-state index contributed by atoms with van der Waals surface area (Å²) in [5, 5.41) is 3.09. The summed E-state index contributed by atoms with van der Waals surface area (Å²) in [7, 11) is 3.18. The van der Waals surface area contributed by atoms with E-state index < -0.39 is 6.03 Å². The second kappa shape index (κ2) is 9.24. The van der Waals surface area contributed by atoms with Crippen LogP contribution in [0.25, 0.3) is 5.57 Å². The van der Waals surface area contributed by atoms with Gasteiger partial charge in [-0.2, -0.15) is 0 Å². The van der Waals surface area contributed by atoms with E-state index in [2.05, 4.69) is 5.32 Å². The summed E-state index contributed by atoms with van der Waals surface area (Å²) in [6.07, 6.45) is 2.38. The first-order valence-corrected chi connectivity index (χ1v) is 10.6. The Hall–Kier alpha value is -4.00. The number of ether oxygens (including phenoxy) is 2. The SMILES string of the molecule is COc1cc2c(cc1OC)C(c1ccc(Nc3ccccc3F)cc1)=CN(C(N)=O)C(C)C2. The van der Waals surface area contributed by atoms with Crippen LogP contribution in [-0.2, 0) is 6.42 Å². The molecule has 3 N–H and O–H groups in total. The van der Waals surface area contributed by atoms with Gasteiger partial charge in [0.2, 0.25) is 0 Å². The van der Waals surface area contributed by atoms with Gasteiger partial charge in [-0.15, -0.1) is 0 Å². The van der Waals surface area contributed by atoms with Gasteiger partial charge in [-0.1, -0.05) is 24.3 Å². The zero-order chi connectivity index (χ0) is 23.5. The molecule has 3 aromatic carbocycles. The highest BCUT2D eigenvalue weighted by Crippen LogP contribution is 2.39. The molecule has 1 atom stereocenters. The smallest absolute Gasteiger partial charge is 0.319 e. The fraction of sp³-hybridized carbons (Fsp3) is 0.192. The molecule has 3 aromatic rings. The molecule has 1 unspecified atom stereocenters. The maximum Gasteiger partial charge on any atom is 0.319 e. The predicted octanol–water partition coefficient (Wildman–Crippen LogP) is 5.30. The molecular weight excluding hydrogens is 421 g/mol. The molecule has 170 valence electrons. The highest BCUT2D eigenvalue weighted by molar-refractivity contribution is 5.86. The molecule has 2 amide bonds. The van der Waals surface area contributed by atoms with E-state index in [1.165, 1.54) is 6.07 Å². The molecule has 0 saturated heterocycles.